The summed E-state index contributed by atoms with van der Waals surface area (Å²) in [6, 6.07) is 4.26. The highest BCUT2D eigenvalue weighted by atomic mass is 19.4. The maximum absolute atomic E-state index is 12.5. The molecular formula is C15H15F3N4O2. The number of nitrogens with one attached hydrogen (secondary N) is 3. The first-order valence-corrected chi connectivity index (χ1v) is 7.67. The van der Waals surface area contributed by atoms with Crippen LogP contribution >= 0.6 is 0 Å². The van der Waals surface area contributed by atoms with Crippen LogP contribution in [0.4, 0.5) is 13.2 Å². The predicted octanol–water partition coefficient (Wildman–Crippen LogP) is 1.94. The highest BCUT2D eigenvalue weighted by molar-refractivity contribution is 6.05. The van der Waals surface area contributed by atoms with E-state index in [1.165, 1.54) is 18.2 Å². The fourth-order valence-corrected chi connectivity index (χ4v) is 3.61. The normalized spacial score (nSPS) is 26.0. The topological polar surface area (TPSA) is 79.0 Å². The lowest BCUT2D eigenvalue weighted by atomic mass is 10.0. The molecule has 1 aromatic heterocycles. The fraction of sp³-hybridized carbons (Fsp3) is 0.467. The number of aromatic amines is 1. The summed E-state index contributed by atoms with van der Waals surface area (Å²) in [6.07, 6.45) is -2.88. The number of benzene rings is 1. The summed E-state index contributed by atoms with van der Waals surface area (Å²) in [5.74, 6) is -0.370. The number of carbonyl (C=O) groups is 1. The minimum Gasteiger partial charge on any atom is -0.406 e. The van der Waals surface area contributed by atoms with Gasteiger partial charge in [-0.15, -0.1) is 13.2 Å². The monoisotopic (exact) mass is 340 g/mol. The second kappa shape index (κ2) is 5.37. The summed E-state index contributed by atoms with van der Waals surface area (Å²) < 4.78 is 41.0. The molecule has 2 bridgehead atoms. The molecule has 1 aliphatic carbocycles. The van der Waals surface area contributed by atoms with Crippen LogP contribution in [0.15, 0.2) is 18.2 Å². The third-order valence-electron chi connectivity index (χ3n) is 4.66. The number of hydrogen-bond acceptors (Lipinski definition) is 4. The van der Waals surface area contributed by atoms with Gasteiger partial charge in [0.05, 0.1) is 5.52 Å². The van der Waals surface area contributed by atoms with E-state index in [9.17, 15) is 18.0 Å². The fourth-order valence-electron chi connectivity index (χ4n) is 3.61. The van der Waals surface area contributed by atoms with Gasteiger partial charge >= 0.3 is 6.36 Å². The van der Waals surface area contributed by atoms with Crippen LogP contribution in [-0.4, -0.2) is 41.1 Å². The number of fused-ring (bicyclic) bond motifs is 3. The number of rotatable bonds is 3. The van der Waals surface area contributed by atoms with Crippen LogP contribution in [0.3, 0.4) is 0 Å². The molecule has 3 N–H and O–H groups in total. The first-order valence-electron chi connectivity index (χ1n) is 7.67. The SMILES string of the molecule is O=C(N[C@H]1C[C@@H]2C[C@H]1CN2)c1n[nH]c2ccc(OC(F)(F)F)cc12. The van der Waals surface area contributed by atoms with Crippen LogP contribution in [0.5, 0.6) is 5.75 Å². The smallest absolute Gasteiger partial charge is 0.406 e. The van der Waals surface area contributed by atoms with Crippen molar-refractivity contribution in [2.45, 2.75) is 31.3 Å². The Labute approximate surface area is 134 Å². The quantitative estimate of drug-likeness (QED) is 0.798. The number of ether oxygens (including phenoxy) is 1. The van der Waals surface area contributed by atoms with E-state index >= 15 is 0 Å². The van der Waals surface area contributed by atoms with Crippen LogP contribution in [0.25, 0.3) is 10.9 Å². The molecule has 0 spiro atoms. The molecule has 2 fully saturated rings. The average Bonchev–Trinajstić information content (AvgIpc) is 3.19. The Kier molecular flexibility index (Phi) is 3.41. The zero-order valence-corrected chi connectivity index (χ0v) is 12.5. The number of alkyl halides is 3. The van der Waals surface area contributed by atoms with Crippen LogP contribution in [0.1, 0.15) is 23.3 Å². The molecule has 1 aromatic carbocycles. The zero-order chi connectivity index (χ0) is 16.9. The lowest BCUT2D eigenvalue weighted by Gasteiger charge is -2.23. The van der Waals surface area contributed by atoms with Crippen molar-refractivity contribution in [2.75, 3.05) is 6.54 Å². The van der Waals surface area contributed by atoms with Gasteiger partial charge in [-0.2, -0.15) is 5.10 Å². The van der Waals surface area contributed by atoms with Gasteiger partial charge in [0.2, 0.25) is 0 Å². The van der Waals surface area contributed by atoms with E-state index in [4.69, 9.17) is 0 Å². The molecule has 3 atom stereocenters. The number of nitrogens with zero attached hydrogens (tertiary/aromatic N) is 1. The largest absolute Gasteiger partial charge is 0.573 e. The van der Waals surface area contributed by atoms with Crippen molar-refractivity contribution >= 4 is 16.8 Å². The first kappa shape index (κ1) is 15.3. The first-order chi connectivity index (χ1) is 11.4. The van der Waals surface area contributed by atoms with Crippen LogP contribution in [-0.2, 0) is 0 Å². The molecule has 1 amide bonds. The molecular weight excluding hydrogens is 325 g/mol. The Morgan fingerprint density at radius 2 is 2.17 bits per heavy atom. The van der Waals surface area contributed by atoms with Crippen molar-refractivity contribution in [1.29, 1.82) is 0 Å². The van der Waals surface area contributed by atoms with Gasteiger partial charge < -0.3 is 15.4 Å². The molecule has 128 valence electrons. The van der Waals surface area contributed by atoms with Crippen LogP contribution in [0.2, 0.25) is 0 Å². The van der Waals surface area contributed by atoms with Crippen LogP contribution in [0, 0.1) is 5.92 Å². The molecule has 2 aromatic rings. The Morgan fingerprint density at radius 1 is 1.33 bits per heavy atom. The molecule has 9 heteroatoms. The Bertz CT molecular complexity index is 789. The molecule has 1 saturated carbocycles. The van der Waals surface area contributed by atoms with E-state index in [0.29, 0.717) is 22.9 Å². The van der Waals surface area contributed by atoms with Crippen molar-refractivity contribution in [3.8, 4) is 5.75 Å². The molecule has 0 unspecified atom stereocenters. The highest BCUT2D eigenvalue weighted by Gasteiger charge is 2.40. The minimum atomic E-state index is -4.78. The van der Waals surface area contributed by atoms with Crippen molar-refractivity contribution < 1.29 is 22.7 Å². The number of amides is 1. The summed E-state index contributed by atoms with van der Waals surface area (Å²) in [6.45, 7) is 0.875. The van der Waals surface area contributed by atoms with Gasteiger partial charge in [-0.1, -0.05) is 0 Å². The highest BCUT2D eigenvalue weighted by Crippen LogP contribution is 2.32. The van der Waals surface area contributed by atoms with Gasteiger partial charge in [-0.05, 0) is 37.0 Å². The van der Waals surface area contributed by atoms with Crippen LogP contribution < -0.4 is 15.4 Å². The third kappa shape index (κ3) is 2.79. The van der Waals surface area contributed by atoms with E-state index in [0.717, 1.165) is 19.4 Å². The second-order valence-electron chi connectivity index (χ2n) is 6.24. The van der Waals surface area contributed by atoms with Crippen molar-refractivity contribution in [3.05, 3.63) is 23.9 Å². The van der Waals surface area contributed by atoms with Gasteiger partial charge in [-0.25, -0.2) is 0 Å². The van der Waals surface area contributed by atoms with E-state index in [2.05, 4.69) is 25.6 Å². The van der Waals surface area contributed by atoms with E-state index in [1.54, 1.807) is 0 Å². The molecule has 1 saturated heterocycles. The predicted molar refractivity (Wildman–Crippen MR) is 78.5 cm³/mol. The molecule has 0 radical (unpaired) electrons. The second-order valence-corrected chi connectivity index (χ2v) is 6.24. The van der Waals surface area contributed by atoms with Crippen molar-refractivity contribution in [1.82, 2.24) is 20.8 Å². The van der Waals surface area contributed by atoms with Gasteiger partial charge in [0.1, 0.15) is 5.75 Å². The zero-order valence-electron chi connectivity index (χ0n) is 12.5. The molecule has 2 heterocycles. The number of halogens is 3. The van der Waals surface area contributed by atoms with Gasteiger partial charge in [0.25, 0.3) is 5.91 Å². The maximum atomic E-state index is 12.5. The van der Waals surface area contributed by atoms with Crippen molar-refractivity contribution in [2.24, 2.45) is 5.92 Å². The maximum Gasteiger partial charge on any atom is 0.573 e. The summed E-state index contributed by atoms with van der Waals surface area (Å²) in [5.41, 5.74) is 0.553. The molecule has 24 heavy (non-hydrogen) atoms. The number of piperidine rings is 1. The molecule has 1 aliphatic heterocycles. The Balaban J connectivity index is 1.56. The third-order valence-corrected chi connectivity index (χ3v) is 4.66. The molecule has 2 aliphatic rings. The molecule has 4 rings (SSSR count). The number of carbonyl (C=O) groups excluding carboxylic acids is 1. The standard InChI is InChI=1S/C15H15F3N4O2/c16-15(17,18)24-9-1-2-11-10(5-9)13(22-21-11)14(23)20-12-4-8-3-7(12)6-19-8/h1-2,5,7-8,12,19H,3-4,6H2,(H,20,23)(H,21,22)/t7-,8-,12-/m0/s1. The minimum absolute atomic E-state index is 0.0742. The molecule has 6 nitrogen and oxygen atoms in total. The lowest BCUT2D eigenvalue weighted by Crippen LogP contribution is -2.44. The number of aromatic nitrogens is 2. The summed E-state index contributed by atoms with van der Waals surface area (Å²) in [5, 5.41) is 13.2. The van der Waals surface area contributed by atoms with E-state index in [-0.39, 0.29) is 23.4 Å². The lowest BCUT2D eigenvalue weighted by molar-refractivity contribution is -0.274. The van der Waals surface area contributed by atoms with Gasteiger partial charge in [0, 0.05) is 24.0 Å². The summed E-state index contributed by atoms with van der Waals surface area (Å²) in [7, 11) is 0. The Morgan fingerprint density at radius 3 is 2.83 bits per heavy atom. The van der Waals surface area contributed by atoms with Crippen molar-refractivity contribution in [3.63, 3.8) is 0 Å². The number of hydrogen-bond donors (Lipinski definition) is 3. The average molecular weight is 340 g/mol. The summed E-state index contributed by atoms with van der Waals surface area (Å²) >= 11 is 0. The van der Waals surface area contributed by atoms with E-state index in [1.807, 2.05) is 0 Å². The Hall–Kier alpha value is -2.29. The van der Waals surface area contributed by atoms with E-state index < -0.39 is 6.36 Å². The van der Waals surface area contributed by atoms with Gasteiger partial charge in [-0.3, -0.25) is 9.89 Å². The number of H-pyrrole nitrogens is 1. The summed E-state index contributed by atoms with van der Waals surface area (Å²) in [4.78, 5) is 12.5. The van der Waals surface area contributed by atoms with Gasteiger partial charge in [0.15, 0.2) is 5.69 Å².